The zero-order valence-electron chi connectivity index (χ0n) is 47.7. The lowest BCUT2D eigenvalue weighted by Gasteiger charge is -2.28. The Hall–Kier alpha value is -8.20. The van der Waals surface area contributed by atoms with Crippen LogP contribution in [0.2, 0.25) is 0 Å². The van der Waals surface area contributed by atoms with Gasteiger partial charge < -0.3 is 9.32 Å². The Bertz CT molecular complexity index is 4460. The van der Waals surface area contributed by atoms with Gasteiger partial charge in [-0.25, -0.2) is 0 Å². The van der Waals surface area contributed by atoms with Crippen molar-refractivity contribution < 1.29 is 25.0 Å². The van der Waals surface area contributed by atoms with E-state index in [9.17, 15) is 11.0 Å². The smallest absolute Gasteiger partial charge is 0.143 e. The van der Waals surface area contributed by atoms with E-state index in [4.69, 9.17) is 14.0 Å². The molecule has 0 N–H and O–H groups in total. The van der Waals surface area contributed by atoms with E-state index < -0.39 is 124 Å². The minimum absolute atomic E-state index is 0.0235. The van der Waals surface area contributed by atoms with Gasteiger partial charge in [0.2, 0.25) is 0 Å². The summed E-state index contributed by atoms with van der Waals surface area (Å²) in [5.74, 6) is 0. The number of benzene rings is 11. The van der Waals surface area contributed by atoms with E-state index in [1.165, 1.54) is 4.90 Å². The van der Waals surface area contributed by atoms with Crippen LogP contribution in [0.4, 0.5) is 17.1 Å². The highest BCUT2D eigenvalue weighted by Crippen LogP contribution is 2.44. The number of para-hydroxylation sites is 1. The van der Waals surface area contributed by atoms with Crippen molar-refractivity contribution in [2.75, 3.05) is 4.90 Å². The molecule has 11 aromatic carbocycles. The average molecular weight is 805 g/mol. The molecule has 0 unspecified atom stereocenters. The molecule has 0 aliphatic rings. The highest BCUT2D eigenvalue weighted by Gasteiger charge is 2.19. The van der Waals surface area contributed by atoms with Crippen LogP contribution in [-0.4, -0.2) is 0 Å². The summed E-state index contributed by atoms with van der Waals surface area (Å²) in [6.45, 7) is 0. The summed E-state index contributed by atoms with van der Waals surface area (Å²) in [5, 5.41) is 4.67. The Morgan fingerprint density at radius 2 is 0.968 bits per heavy atom. The van der Waals surface area contributed by atoms with E-state index in [0.717, 1.165) is 43.4 Å². The summed E-state index contributed by atoms with van der Waals surface area (Å²) < 4.78 is 145. The molecule has 0 bridgehead atoms. The van der Waals surface area contributed by atoms with Gasteiger partial charge in [-0.1, -0.05) is 188 Å². The van der Waals surface area contributed by atoms with Crippen LogP contribution in [0.5, 0.6) is 0 Å². The van der Waals surface area contributed by atoms with Crippen LogP contribution < -0.4 is 4.90 Å². The first kappa shape index (κ1) is 23.6. The van der Waals surface area contributed by atoms with Gasteiger partial charge >= 0.3 is 0 Å². The minimum Gasteiger partial charge on any atom is -0.455 e. The summed E-state index contributed by atoms with van der Waals surface area (Å²) in [6.07, 6.45) is 0. The van der Waals surface area contributed by atoms with Crippen LogP contribution in [0.3, 0.4) is 0 Å². The van der Waals surface area contributed by atoms with Gasteiger partial charge in [0.05, 0.1) is 26.2 Å². The molecule has 2 heteroatoms. The molecule has 290 valence electrons. The number of rotatable bonds is 7. The molecule has 62 heavy (non-hydrogen) atoms. The molecular formula is C60H39NO. The number of anilines is 3. The van der Waals surface area contributed by atoms with Gasteiger partial charge in [-0.2, -0.15) is 0 Å². The van der Waals surface area contributed by atoms with Crippen molar-refractivity contribution in [3.63, 3.8) is 0 Å². The van der Waals surface area contributed by atoms with Gasteiger partial charge in [0, 0.05) is 33.1 Å². The first-order valence-corrected chi connectivity index (χ1v) is 20.0. The van der Waals surface area contributed by atoms with Crippen LogP contribution in [0.1, 0.15) is 20.6 Å². The molecule has 0 aliphatic carbocycles. The molecule has 0 aliphatic heterocycles. The van der Waals surface area contributed by atoms with E-state index >= 15 is 0 Å². The second-order valence-corrected chi connectivity index (χ2v) is 14.9. The predicted molar refractivity (Wildman–Crippen MR) is 263 cm³/mol. The lowest BCUT2D eigenvalue weighted by Crippen LogP contribution is -2.11. The number of nitrogens with zero attached hydrogens (tertiary/aromatic N) is 1. The zero-order valence-corrected chi connectivity index (χ0v) is 32.7. The molecule has 0 radical (unpaired) electrons. The molecule has 0 spiro atoms. The van der Waals surface area contributed by atoms with E-state index in [1.54, 1.807) is 48.5 Å². The maximum Gasteiger partial charge on any atom is 0.143 e. The van der Waals surface area contributed by atoms with E-state index in [-0.39, 0.29) is 11.3 Å². The molecule has 12 aromatic rings. The number of hydrogen-bond acceptors (Lipinski definition) is 2. The number of hydrogen-bond donors (Lipinski definition) is 0. The standard InChI is InChI=1S/C60H39NO/c1-4-16-50-42(11-1)14-9-20-52(50)45-25-23-40(24-26-45)41-27-33-48(34-28-41)61(49-35-29-46(30-36-49)53-21-10-15-43-12-2-5-17-51(43)53)58-22-8-7-18-54(58)47-32-38-59-57(39-47)56-37-31-44-13-3-6-19-55(44)60(56)62-59/h1-39H/i2D,5D,10D,12D,15D,17D,21D,27D,28D,29D,30D,33D,34D,35D,36D. The molecular weight excluding hydrogens is 751 g/mol. The number of furan rings is 1. The highest BCUT2D eigenvalue weighted by atomic mass is 16.3. The minimum atomic E-state index is -0.806. The lowest BCUT2D eigenvalue weighted by molar-refractivity contribution is 0.672. The van der Waals surface area contributed by atoms with Crippen molar-refractivity contribution in [1.29, 1.82) is 0 Å². The fourth-order valence-electron chi connectivity index (χ4n) is 8.34. The van der Waals surface area contributed by atoms with Crippen LogP contribution in [0, 0.1) is 0 Å². The molecule has 0 saturated carbocycles. The van der Waals surface area contributed by atoms with Gasteiger partial charge in [0.25, 0.3) is 0 Å². The van der Waals surface area contributed by atoms with Crippen LogP contribution in [0.15, 0.2) is 241 Å². The Morgan fingerprint density at radius 3 is 1.79 bits per heavy atom. The topological polar surface area (TPSA) is 16.4 Å². The zero-order chi connectivity index (χ0) is 54.0. The monoisotopic (exact) mass is 804 g/mol. The van der Waals surface area contributed by atoms with Crippen molar-refractivity contribution >= 4 is 71.3 Å². The van der Waals surface area contributed by atoms with Crippen LogP contribution in [0.25, 0.3) is 98.8 Å². The van der Waals surface area contributed by atoms with Gasteiger partial charge in [0.15, 0.2) is 0 Å². The van der Waals surface area contributed by atoms with Gasteiger partial charge in [-0.15, -0.1) is 0 Å². The number of fused-ring (bicyclic) bond motifs is 7. The quantitative estimate of drug-likeness (QED) is 0.160. The maximum atomic E-state index is 9.83. The van der Waals surface area contributed by atoms with Gasteiger partial charge in [0.1, 0.15) is 11.2 Å². The fraction of sp³-hybridized carbons (Fsp3) is 0. The largest absolute Gasteiger partial charge is 0.455 e. The van der Waals surface area contributed by atoms with E-state index in [2.05, 4.69) is 0 Å². The second-order valence-electron chi connectivity index (χ2n) is 14.9. The van der Waals surface area contributed by atoms with E-state index in [0.29, 0.717) is 27.9 Å². The van der Waals surface area contributed by atoms with Crippen molar-refractivity contribution in [3.05, 3.63) is 236 Å². The Kier molecular flexibility index (Phi) is 5.63. The summed E-state index contributed by atoms with van der Waals surface area (Å²) in [6, 6.07) is 34.9. The molecule has 0 atom stereocenters. The first-order chi connectivity index (χ1) is 37.0. The molecule has 1 heterocycles. The van der Waals surface area contributed by atoms with Crippen molar-refractivity contribution in [3.8, 4) is 44.5 Å². The predicted octanol–water partition coefficient (Wildman–Crippen LogP) is 17.2. The highest BCUT2D eigenvalue weighted by molar-refractivity contribution is 6.15. The fourth-order valence-corrected chi connectivity index (χ4v) is 8.34. The third kappa shape index (κ3) is 6.12. The SMILES string of the molecule is [2H]c1c([2H])c(N(c2ccccc2-c2ccc3oc4c5ccccc5ccc4c3c2)c2c([2H])c([2H])c(-c3c([2H])c([2H])c([2H])c4c([2H])c([2H])c([2H])c([2H])c34)c([2H])c2[2H])c([2H])c([2H])c1-c1ccc(-c2cccc3ccccc23)cc1. The molecule has 1 aromatic heterocycles. The molecule has 2 nitrogen and oxygen atoms in total. The van der Waals surface area contributed by atoms with Crippen molar-refractivity contribution in [2.45, 2.75) is 0 Å². The molecule has 12 rings (SSSR count). The third-order valence-electron chi connectivity index (χ3n) is 11.3. The van der Waals surface area contributed by atoms with Crippen molar-refractivity contribution in [2.24, 2.45) is 0 Å². The summed E-state index contributed by atoms with van der Waals surface area (Å²) in [5.41, 5.74) is 2.57. The summed E-state index contributed by atoms with van der Waals surface area (Å²) in [7, 11) is 0. The lowest BCUT2D eigenvalue weighted by atomic mass is 9.96. The second kappa shape index (κ2) is 14.8. The van der Waals surface area contributed by atoms with Crippen LogP contribution in [-0.2, 0) is 0 Å². The molecule has 0 fully saturated rings. The Morgan fingerprint density at radius 1 is 0.339 bits per heavy atom. The Labute approximate surface area is 381 Å². The maximum absolute atomic E-state index is 9.83. The van der Waals surface area contributed by atoms with Gasteiger partial charge in [-0.05, 0) is 114 Å². The average Bonchev–Trinajstić information content (AvgIpc) is 3.96. The molecule has 0 saturated heterocycles. The molecule has 0 amide bonds. The van der Waals surface area contributed by atoms with Gasteiger partial charge in [-0.3, -0.25) is 0 Å². The first-order valence-electron chi connectivity index (χ1n) is 27.5. The Balaban J connectivity index is 1.11. The normalized spacial score (nSPS) is 14.9. The summed E-state index contributed by atoms with van der Waals surface area (Å²) >= 11 is 0. The van der Waals surface area contributed by atoms with Crippen LogP contribution >= 0.6 is 0 Å². The van der Waals surface area contributed by atoms with E-state index in [1.807, 2.05) is 97.1 Å². The summed E-state index contributed by atoms with van der Waals surface area (Å²) in [4.78, 5) is 1.19. The van der Waals surface area contributed by atoms with Crippen molar-refractivity contribution in [1.82, 2.24) is 0 Å². The third-order valence-corrected chi connectivity index (χ3v) is 11.3.